The number of ketones is 1. The van der Waals surface area contributed by atoms with Crippen LogP contribution in [0.2, 0.25) is 0 Å². The Morgan fingerprint density at radius 2 is 1.87 bits per heavy atom. The molecule has 3 nitrogen and oxygen atoms in total. The van der Waals surface area contributed by atoms with E-state index in [-0.39, 0.29) is 5.78 Å². The minimum absolute atomic E-state index is 0.0309. The van der Waals surface area contributed by atoms with Crippen LogP contribution in [0.15, 0.2) is 54.6 Å². The van der Waals surface area contributed by atoms with Gasteiger partial charge in [0.15, 0.2) is 5.78 Å². The minimum Gasteiger partial charge on any atom is -0.378 e. The zero-order valence-electron chi connectivity index (χ0n) is 13.4. The fourth-order valence-electron chi connectivity index (χ4n) is 2.71. The topological polar surface area (TPSA) is 29.5 Å². The van der Waals surface area contributed by atoms with E-state index in [2.05, 4.69) is 4.90 Å². The Hall–Kier alpha value is -2.39. The van der Waals surface area contributed by atoms with Crippen LogP contribution in [-0.4, -0.2) is 32.1 Å². The molecule has 23 heavy (non-hydrogen) atoms. The molecule has 1 saturated heterocycles. The number of anilines is 1. The maximum atomic E-state index is 12.4. The highest BCUT2D eigenvalue weighted by molar-refractivity contribution is 6.07. The Morgan fingerprint density at radius 1 is 1.09 bits per heavy atom. The monoisotopic (exact) mass is 307 g/mol. The Labute approximate surface area is 137 Å². The van der Waals surface area contributed by atoms with Crippen LogP contribution >= 0.6 is 0 Å². The van der Waals surface area contributed by atoms with Gasteiger partial charge >= 0.3 is 0 Å². The molecule has 3 heteroatoms. The van der Waals surface area contributed by atoms with E-state index in [1.807, 2.05) is 61.5 Å². The molecule has 1 aliphatic heterocycles. The molecule has 0 aliphatic carbocycles. The van der Waals surface area contributed by atoms with Crippen LogP contribution in [0.5, 0.6) is 0 Å². The average Bonchev–Trinajstić information content (AvgIpc) is 2.62. The number of morpholine rings is 1. The smallest absolute Gasteiger partial charge is 0.185 e. The molecule has 0 saturated carbocycles. The lowest BCUT2D eigenvalue weighted by atomic mass is 10.1. The van der Waals surface area contributed by atoms with Gasteiger partial charge in [-0.3, -0.25) is 4.79 Å². The van der Waals surface area contributed by atoms with E-state index in [4.69, 9.17) is 4.74 Å². The summed E-state index contributed by atoms with van der Waals surface area (Å²) in [6.45, 7) is 5.27. The van der Waals surface area contributed by atoms with Gasteiger partial charge in [0.25, 0.3) is 0 Å². The molecular formula is C20H21NO2. The molecule has 0 bridgehead atoms. The van der Waals surface area contributed by atoms with Crippen molar-refractivity contribution >= 4 is 17.5 Å². The van der Waals surface area contributed by atoms with Crippen molar-refractivity contribution in [1.82, 2.24) is 0 Å². The Bertz CT molecular complexity index is 715. The second kappa shape index (κ2) is 7.25. The lowest BCUT2D eigenvalue weighted by molar-refractivity contribution is 0.104. The van der Waals surface area contributed by atoms with Crippen LogP contribution in [0.1, 0.15) is 21.5 Å². The lowest BCUT2D eigenvalue weighted by Gasteiger charge is -2.29. The van der Waals surface area contributed by atoms with E-state index in [0.717, 1.165) is 43.1 Å². The van der Waals surface area contributed by atoms with E-state index in [0.29, 0.717) is 0 Å². The summed E-state index contributed by atoms with van der Waals surface area (Å²) in [5.41, 5.74) is 4.05. The summed E-state index contributed by atoms with van der Waals surface area (Å²) in [6.07, 6.45) is 3.54. The van der Waals surface area contributed by atoms with Gasteiger partial charge in [0, 0.05) is 24.3 Å². The van der Waals surface area contributed by atoms with Gasteiger partial charge < -0.3 is 9.64 Å². The summed E-state index contributed by atoms with van der Waals surface area (Å²) in [5, 5.41) is 0. The first-order chi connectivity index (χ1) is 11.2. The van der Waals surface area contributed by atoms with Crippen molar-refractivity contribution in [3.63, 3.8) is 0 Å². The summed E-state index contributed by atoms with van der Waals surface area (Å²) in [4.78, 5) is 14.7. The van der Waals surface area contributed by atoms with Crippen molar-refractivity contribution in [2.45, 2.75) is 6.92 Å². The molecular weight excluding hydrogens is 286 g/mol. The van der Waals surface area contributed by atoms with E-state index in [9.17, 15) is 4.79 Å². The van der Waals surface area contributed by atoms with Gasteiger partial charge in [0.2, 0.25) is 0 Å². The van der Waals surface area contributed by atoms with Crippen LogP contribution in [0.25, 0.3) is 6.08 Å². The van der Waals surface area contributed by atoms with E-state index in [1.54, 1.807) is 6.08 Å². The highest BCUT2D eigenvalue weighted by atomic mass is 16.5. The fraction of sp³-hybridized carbons (Fsp3) is 0.250. The molecule has 2 aromatic rings. The van der Waals surface area contributed by atoms with Crippen molar-refractivity contribution in [3.8, 4) is 0 Å². The summed E-state index contributed by atoms with van der Waals surface area (Å²) < 4.78 is 5.38. The predicted octanol–water partition coefficient (Wildman–Crippen LogP) is 3.73. The molecule has 118 valence electrons. The standard InChI is InChI=1S/C20H21NO2/c1-16-5-2-3-6-17(16)9-10-20(22)18-7-4-8-19(15-18)21-11-13-23-14-12-21/h2-10,15H,11-14H2,1H3/b10-9+. The van der Waals surface area contributed by atoms with Gasteiger partial charge in [-0.05, 0) is 36.3 Å². The van der Waals surface area contributed by atoms with Crippen molar-refractivity contribution < 1.29 is 9.53 Å². The molecule has 1 heterocycles. The molecule has 1 aliphatic rings. The van der Waals surface area contributed by atoms with Crippen LogP contribution in [0.4, 0.5) is 5.69 Å². The van der Waals surface area contributed by atoms with Crippen LogP contribution in [0.3, 0.4) is 0 Å². The highest BCUT2D eigenvalue weighted by Crippen LogP contribution is 2.18. The number of ether oxygens (including phenoxy) is 1. The quantitative estimate of drug-likeness (QED) is 0.637. The molecule has 0 aromatic heterocycles. The Balaban J connectivity index is 1.76. The Morgan fingerprint density at radius 3 is 2.65 bits per heavy atom. The zero-order chi connectivity index (χ0) is 16.1. The third-order valence-electron chi connectivity index (χ3n) is 4.11. The number of hydrogen-bond donors (Lipinski definition) is 0. The third-order valence-corrected chi connectivity index (χ3v) is 4.11. The largest absolute Gasteiger partial charge is 0.378 e. The molecule has 0 radical (unpaired) electrons. The van der Waals surface area contributed by atoms with Gasteiger partial charge in [-0.1, -0.05) is 42.5 Å². The highest BCUT2D eigenvalue weighted by Gasteiger charge is 2.12. The summed E-state index contributed by atoms with van der Waals surface area (Å²) in [5.74, 6) is 0.0309. The molecule has 0 unspecified atom stereocenters. The number of nitrogens with zero attached hydrogens (tertiary/aromatic N) is 1. The molecule has 0 N–H and O–H groups in total. The number of aryl methyl sites for hydroxylation is 1. The molecule has 0 atom stereocenters. The van der Waals surface area contributed by atoms with Crippen molar-refractivity contribution in [2.75, 3.05) is 31.2 Å². The van der Waals surface area contributed by atoms with Crippen LogP contribution < -0.4 is 4.90 Å². The average molecular weight is 307 g/mol. The van der Waals surface area contributed by atoms with Crippen molar-refractivity contribution in [2.24, 2.45) is 0 Å². The van der Waals surface area contributed by atoms with Crippen molar-refractivity contribution in [3.05, 3.63) is 71.3 Å². The van der Waals surface area contributed by atoms with Gasteiger partial charge in [0.05, 0.1) is 13.2 Å². The Kier molecular flexibility index (Phi) is 4.89. The number of hydrogen-bond acceptors (Lipinski definition) is 3. The first-order valence-corrected chi connectivity index (χ1v) is 7.95. The van der Waals surface area contributed by atoms with Gasteiger partial charge in [0.1, 0.15) is 0 Å². The maximum Gasteiger partial charge on any atom is 0.185 e. The molecule has 2 aromatic carbocycles. The number of rotatable bonds is 4. The van der Waals surface area contributed by atoms with Gasteiger partial charge in [-0.2, -0.15) is 0 Å². The maximum absolute atomic E-state index is 12.4. The third kappa shape index (κ3) is 3.88. The lowest BCUT2D eigenvalue weighted by Crippen LogP contribution is -2.36. The van der Waals surface area contributed by atoms with Gasteiger partial charge in [-0.15, -0.1) is 0 Å². The zero-order valence-corrected chi connectivity index (χ0v) is 13.4. The minimum atomic E-state index is 0.0309. The fourth-order valence-corrected chi connectivity index (χ4v) is 2.71. The van der Waals surface area contributed by atoms with Crippen molar-refractivity contribution in [1.29, 1.82) is 0 Å². The molecule has 0 amide bonds. The van der Waals surface area contributed by atoms with Gasteiger partial charge in [-0.25, -0.2) is 0 Å². The molecule has 3 rings (SSSR count). The first-order valence-electron chi connectivity index (χ1n) is 7.95. The SMILES string of the molecule is Cc1ccccc1/C=C/C(=O)c1cccc(N2CCOCC2)c1. The van der Waals surface area contributed by atoms with E-state index >= 15 is 0 Å². The second-order valence-electron chi connectivity index (χ2n) is 5.70. The summed E-state index contributed by atoms with van der Waals surface area (Å²) in [6, 6.07) is 15.9. The molecule has 0 spiro atoms. The first kappa shape index (κ1) is 15.5. The molecule has 1 fully saturated rings. The van der Waals surface area contributed by atoms with Crippen LogP contribution in [0, 0.1) is 6.92 Å². The number of benzene rings is 2. The summed E-state index contributed by atoms with van der Waals surface area (Å²) in [7, 11) is 0. The number of carbonyl (C=O) groups is 1. The summed E-state index contributed by atoms with van der Waals surface area (Å²) >= 11 is 0. The predicted molar refractivity (Wildman–Crippen MR) is 94.0 cm³/mol. The number of carbonyl (C=O) groups excluding carboxylic acids is 1. The van der Waals surface area contributed by atoms with E-state index < -0.39 is 0 Å². The van der Waals surface area contributed by atoms with Crippen LogP contribution in [-0.2, 0) is 4.74 Å². The normalized spacial score (nSPS) is 15.1. The number of allylic oxidation sites excluding steroid dienone is 1. The second-order valence-corrected chi connectivity index (χ2v) is 5.70. The van der Waals surface area contributed by atoms with E-state index in [1.165, 1.54) is 5.56 Å².